The summed E-state index contributed by atoms with van der Waals surface area (Å²) in [6, 6.07) is 3.68. The van der Waals surface area contributed by atoms with E-state index in [0.29, 0.717) is 12.0 Å². The van der Waals surface area contributed by atoms with Crippen LogP contribution in [0.15, 0.2) is 18.2 Å². The van der Waals surface area contributed by atoms with Crippen molar-refractivity contribution in [3.05, 3.63) is 34.9 Å². The van der Waals surface area contributed by atoms with Gasteiger partial charge in [-0.2, -0.15) is 0 Å². The molecular formula is C28H43N3O6. The molecule has 0 saturated heterocycles. The third kappa shape index (κ3) is 8.47. The van der Waals surface area contributed by atoms with Crippen LogP contribution < -0.4 is 10.6 Å². The summed E-state index contributed by atoms with van der Waals surface area (Å²) in [6.45, 7) is 12.7. The lowest BCUT2D eigenvalue weighted by Crippen LogP contribution is -2.58. The molecule has 2 rings (SSSR count). The lowest BCUT2D eigenvalue weighted by Gasteiger charge is -2.44. The van der Waals surface area contributed by atoms with E-state index < -0.39 is 35.7 Å². The Morgan fingerprint density at radius 2 is 1.68 bits per heavy atom. The molecule has 1 saturated carbocycles. The maximum atomic E-state index is 14.2. The van der Waals surface area contributed by atoms with Gasteiger partial charge in [-0.15, -0.1) is 0 Å². The number of aryl methyl sites for hydroxylation is 2. The first-order valence-corrected chi connectivity index (χ1v) is 13.0. The zero-order valence-corrected chi connectivity index (χ0v) is 23.5. The van der Waals surface area contributed by atoms with Gasteiger partial charge >= 0.3 is 12.1 Å². The molecule has 2 N–H and O–H groups in total. The largest absolute Gasteiger partial charge is 0.468 e. The first-order chi connectivity index (χ1) is 17.2. The maximum absolute atomic E-state index is 14.2. The van der Waals surface area contributed by atoms with Gasteiger partial charge in [0.2, 0.25) is 11.8 Å². The van der Waals surface area contributed by atoms with E-state index in [1.807, 2.05) is 45.9 Å². The average molecular weight is 518 g/mol. The number of alkyl carbamates (subject to hydrolysis) is 1. The van der Waals surface area contributed by atoms with Gasteiger partial charge in [-0.3, -0.25) is 14.4 Å². The van der Waals surface area contributed by atoms with E-state index >= 15 is 0 Å². The highest BCUT2D eigenvalue weighted by Gasteiger charge is 2.43. The van der Waals surface area contributed by atoms with E-state index in [0.717, 1.165) is 30.4 Å². The van der Waals surface area contributed by atoms with E-state index in [4.69, 9.17) is 9.47 Å². The smallest absolute Gasteiger partial charge is 0.408 e. The number of hydrogen-bond acceptors (Lipinski definition) is 6. The highest BCUT2D eigenvalue weighted by molar-refractivity contribution is 5.94. The van der Waals surface area contributed by atoms with E-state index in [1.54, 1.807) is 25.7 Å². The number of ether oxygens (including phenoxy) is 2. The second-order valence-corrected chi connectivity index (χ2v) is 11.2. The van der Waals surface area contributed by atoms with Gasteiger partial charge in [-0.25, -0.2) is 4.79 Å². The van der Waals surface area contributed by atoms with Crippen molar-refractivity contribution in [1.29, 1.82) is 0 Å². The molecule has 9 heteroatoms. The number of benzene rings is 1. The SMILES string of the molecule is COC(=O)CNC(=O)C(c1c(C)cccc1C)N(C(=O)C(CC(C)C)NC(=O)OC(C)(C)C)C1CCC1. The molecule has 1 aliphatic rings. The molecule has 1 fully saturated rings. The van der Waals surface area contributed by atoms with Gasteiger partial charge < -0.3 is 25.0 Å². The molecule has 9 nitrogen and oxygen atoms in total. The van der Waals surface area contributed by atoms with Gasteiger partial charge in [-0.1, -0.05) is 32.0 Å². The van der Waals surface area contributed by atoms with Crippen LogP contribution in [0.5, 0.6) is 0 Å². The van der Waals surface area contributed by atoms with Gasteiger partial charge in [0.15, 0.2) is 0 Å². The van der Waals surface area contributed by atoms with E-state index in [1.165, 1.54) is 7.11 Å². The van der Waals surface area contributed by atoms with Crippen molar-refractivity contribution in [2.75, 3.05) is 13.7 Å². The molecule has 206 valence electrons. The van der Waals surface area contributed by atoms with Gasteiger partial charge in [0.1, 0.15) is 24.2 Å². The fraction of sp³-hybridized carbons (Fsp3) is 0.643. The molecule has 0 aromatic heterocycles. The predicted molar refractivity (Wildman–Crippen MR) is 141 cm³/mol. The first kappa shape index (κ1) is 30.1. The number of nitrogens with zero attached hydrogens (tertiary/aromatic N) is 1. The molecule has 1 aromatic carbocycles. The minimum Gasteiger partial charge on any atom is -0.468 e. The van der Waals surface area contributed by atoms with Crippen molar-refractivity contribution in [3.63, 3.8) is 0 Å². The summed E-state index contributed by atoms with van der Waals surface area (Å²) in [5.74, 6) is -1.30. The lowest BCUT2D eigenvalue weighted by molar-refractivity contribution is -0.148. The Kier molecular flexibility index (Phi) is 10.5. The number of amides is 3. The Morgan fingerprint density at radius 1 is 1.08 bits per heavy atom. The van der Waals surface area contributed by atoms with Crippen molar-refractivity contribution in [3.8, 4) is 0 Å². The molecule has 2 atom stereocenters. The molecule has 0 bridgehead atoms. The summed E-state index contributed by atoms with van der Waals surface area (Å²) < 4.78 is 10.1. The second kappa shape index (κ2) is 12.9. The predicted octanol–water partition coefficient (Wildman–Crippen LogP) is 3.95. The van der Waals surface area contributed by atoms with E-state index in [-0.39, 0.29) is 24.4 Å². The Morgan fingerprint density at radius 3 is 2.14 bits per heavy atom. The average Bonchev–Trinajstić information content (AvgIpc) is 2.74. The topological polar surface area (TPSA) is 114 Å². The van der Waals surface area contributed by atoms with Crippen LogP contribution in [0.25, 0.3) is 0 Å². The van der Waals surface area contributed by atoms with Crippen molar-refractivity contribution < 1.29 is 28.7 Å². The summed E-state index contributed by atoms with van der Waals surface area (Å²) in [4.78, 5) is 54.0. The van der Waals surface area contributed by atoms with Crippen LogP contribution in [0, 0.1) is 19.8 Å². The number of carbonyl (C=O) groups is 4. The third-order valence-corrected chi connectivity index (χ3v) is 6.40. The molecule has 1 aromatic rings. The van der Waals surface area contributed by atoms with Crippen LogP contribution in [0.1, 0.15) is 83.0 Å². The quantitative estimate of drug-likeness (QED) is 0.454. The van der Waals surface area contributed by atoms with Gasteiger partial charge in [-0.05, 0) is 82.9 Å². The number of methoxy groups -OCH3 is 1. The van der Waals surface area contributed by atoms with Crippen LogP contribution in [0.3, 0.4) is 0 Å². The highest BCUT2D eigenvalue weighted by atomic mass is 16.6. The summed E-state index contributed by atoms with van der Waals surface area (Å²) >= 11 is 0. The number of nitrogens with one attached hydrogen (secondary N) is 2. The molecule has 0 spiro atoms. The molecule has 37 heavy (non-hydrogen) atoms. The summed E-state index contributed by atoms with van der Waals surface area (Å²) in [5.41, 5.74) is 1.70. The summed E-state index contributed by atoms with van der Waals surface area (Å²) in [6.07, 6.45) is 2.13. The number of carbonyl (C=O) groups excluding carboxylic acids is 4. The van der Waals surface area contributed by atoms with Crippen LogP contribution in [-0.4, -0.2) is 60.1 Å². The van der Waals surface area contributed by atoms with Crippen molar-refractivity contribution >= 4 is 23.9 Å². The number of rotatable bonds is 10. The van der Waals surface area contributed by atoms with Gasteiger partial charge in [0.05, 0.1) is 7.11 Å². The molecule has 3 amide bonds. The Hall–Kier alpha value is -3.10. The number of hydrogen-bond donors (Lipinski definition) is 2. The zero-order valence-electron chi connectivity index (χ0n) is 23.5. The van der Waals surface area contributed by atoms with Crippen molar-refractivity contribution in [2.24, 2.45) is 5.92 Å². The van der Waals surface area contributed by atoms with Crippen LogP contribution in [0.2, 0.25) is 0 Å². The first-order valence-electron chi connectivity index (χ1n) is 13.0. The van der Waals surface area contributed by atoms with Gasteiger partial charge in [0, 0.05) is 6.04 Å². The second-order valence-electron chi connectivity index (χ2n) is 11.2. The van der Waals surface area contributed by atoms with E-state index in [9.17, 15) is 19.2 Å². The maximum Gasteiger partial charge on any atom is 0.408 e. The molecular weight excluding hydrogens is 474 g/mol. The number of esters is 1. The summed E-state index contributed by atoms with van der Waals surface area (Å²) in [7, 11) is 1.25. The van der Waals surface area contributed by atoms with Gasteiger partial charge in [0.25, 0.3) is 0 Å². The van der Waals surface area contributed by atoms with Crippen LogP contribution >= 0.6 is 0 Å². The van der Waals surface area contributed by atoms with Crippen molar-refractivity contribution in [2.45, 2.75) is 97.9 Å². The van der Waals surface area contributed by atoms with E-state index in [2.05, 4.69) is 10.6 Å². The monoisotopic (exact) mass is 517 g/mol. The molecule has 0 aliphatic heterocycles. The van der Waals surface area contributed by atoms with Crippen LogP contribution in [-0.2, 0) is 23.9 Å². The fourth-order valence-electron chi connectivity index (χ4n) is 4.49. The standard InChI is InChI=1S/C28H43N3O6/c1-17(2)15-21(30-27(35)37-28(5,6)7)26(34)31(20-13-10-14-20)24(25(33)29-16-22(32)36-8)23-18(3)11-9-12-19(23)4/h9,11-12,17,20-21,24H,10,13-16H2,1-8H3,(H,29,33)(H,30,35). The Labute approximate surface area is 220 Å². The van der Waals surface area contributed by atoms with Crippen LogP contribution in [0.4, 0.5) is 4.79 Å². The lowest BCUT2D eigenvalue weighted by atomic mass is 9.85. The molecule has 0 heterocycles. The Balaban J connectivity index is 2.54. The fourth-order valence-corrected chi connectivity index (χ4v) is 4.49. The minimum absolute atomic E-state index is 0.0962. The molecule has 2 unspecified atom stereocenters. The summed E-state index contributed by atoms with van der Waals surface area (Å²) in [5, 5.41) is 5.42. The Bertz CT molecular complexity index is 960. The molecule has 1 aliphatic carbocycles. The minimum atomic E-state index is -0.973. The molecule has 0 radical (unpaired) electrons. The zero-order chi connectivity index (χ0) is 27.9. The highest BCUT2D eigenvalue weighted by Crippen LogP contribution is 2.36. The van der Waals surface area contributed by atoms with Crippen molar-refractivity contribution in [1.82, 2.24) is 15.5 Å². The third-order valence-electron chi connectivity index (χ3n) is 6.40. The normalized spacial score (nSPS) is 15.3.